The Hall–Kier alpha value is -2.02. The SMILES string of the molecule is Cc1sc(C(=O)NCCC2CCN(Cc3ccccc3)CC2)nc1C1=CCCN(C)C1. The zero-order chi connectivity index (χ0) is 21.6. The van der Waals surface area contributed by atoms with Crippen LogP contribution in [0.15, 0.2) is 36.4 Å². The molecule has 1 fully saturated rings. The third-order valence-corrected chi connectivity index (χ3v) is 7.40. The van der Waals surface area contributed by atoms with E-state index < -0.39 is 0 Å². The normalized spacial score (nSPS) is 18.7. The molecule has 2 aliphatic rings. The van der Waals surface area contributed by atoms with Crippen LogP contribution in [-0.4, -0.2) is 60.5 Å². The van der Waals surface area contributed by atoms with Crippen molar-refractivity contribution in [1.82, 2.24) is 20.1 Å². The molecule has 0 saturated carbocycles. The monoisotopic (exact) mass is 438 g/mol. The van der Waals surface area contributed by atoms with Crippen LogP contribution in [0.2, 0.25) is 0 Å². The molecule has 1 N–H and O–H groups in total. The fourth-order valence-electron chi connectivity index (χ4n) is 4.60. The zero-order valence-electron chi connectivity index (χ0n) is 18.8. The Balaban J connectivity index is 1.20. The van der Waals surface area contributed by atoms with E-state index in [0.29, 0.717) is 10.9 Å². The molecule has 1 aromatic carbocycles. The molecule has 6 heteroatoms. The third kappa shape index (κ3) is 6.03. The van der Waals surface area contributed by atoms with Gasteiger partial charge in [-0.15, -0.1) is 11.3 Å². The van der Waals surface area contributed by atoms with E-state index in [9.17, 15) is 4.79 Å². The summed E-state index contributed by atoms with van der Waals surface area (Å²) in [7, 11) is 2.13. The molecule has 2 aliphatic heterocycles. The minimum absolute atomic E-state index is 0.0226. The molecule has 1 amide bonds. The van der Waals surface area contributed by atoms with Crippen molar-refractivity contribution in [3.8, 4) is 0 Å². The van der Waals surface area contributed by atoms with Gasteiger partial charge < -0.3 is 10.2 Å². The molecule has 0 aliphatic carbocycles. The van der Waals surface area contributed by atoms with Gasteiger partial charge in [0.25, 0.3) is 5.91 Å². The number of likely N-dealkylation sites (tertiary alicyclic amines) is 1. The quantitative estimate of drug-likeness (QED) is 0.704. The van der Waals surface area contributed by atoms with Crippen molar-refractivity contribution >= 4 is 22.8 Å². The summed E-state index contributed by atoms with van der Waals surface area (Å²) in [6, 6.07) is 10.7. The summed E-state index contributed by atoms with van der Waals surface area (Å²) in [4.78, 5) is 23.3. The van der Waals surface area contributed by atoms with E-state index in [1.54, 1.807) is 0 Å². The van der Waals surface area contributed by atoms with Crippen LogP contribution in [0, 0.1) is 12.8 Å². The van der Waals surface area contributed by atoms with Crippen LogP contribution >= 0.6 is 11.3 Å². The second-order valence-corrected chi connectivity index (χ2v) is 10.1. The standard InChI is InChI=1S/C25H34N4OS/c1-19-23(22-9-6-14-28(2)18-22)27-25(31-19)24(30)26-13-10-20-11-15-29(16-12-20)17-21-7-4-3-5-8-21/h3-5,7-9,20H,6,10-18H2,1-2H3,(H,26,30). The molecule has 0 bridgehead atoms. The number of likely N-dealkylation sites (N-methyl/N-ethyl adjacent to an activating group) is 1. The van der Waals surface area contributed by atoms with Crippen molar-refractivity contribution in [1.29, 1.82) is 0 Å². The predicted octanol–water partition coefficient (Wildman–Crippen LogP) is 4.20. The van der Waals surface area contributed by atoms with Gasteiger partial charge in [-0.05, 0) is 69.8 Å². The Morgan fingerprint density at radius 1 is 1.19 bits per heavy atom. The number of nitrogens with zero attached hydrogens (tertiary/aromatic N) is 3. The summed E-state index contributed by atoms with van der Waals surface area (Å²) in [5.74, 6) is 0.675. The number of piperidine rings is 1. The maximum atomic E-state index is 12.7. The lowest BCUT2D eigenvalue weighted by Crippen LogP contribution is -2.34. The van der Waals surface area contributed by atoms with Crippen molar-refractivity contribution in [3.63, 3.8) is 0 Å². The second-order valence-electron chi connectivity index (χ2n) is 8.93. The molecule has 31 heavy (non-hydrogen) atoms. The van der Waals surface area contributed by atoms with Gasteiger partial charge in [-0.25, -0.2) is 4.98 Å². The van der Waals surface area contributed by atoms with Crippen LogP contribution in [0.3, 0.4) is 0 Å². The first-order valence-corrected chi connectivity index (χ1v) is 12.3. The molecule has 4 rings (SSSR count). The molecule has 0 spiro atoms. The zero-order valence-corrected chi connectivity index (χ0v) is 19.6. The highest BCUT2D eigenvalue weighted by atomic mass is 32.1. The summed E-state index contributed by atoms with van der Waals surface area (Å²) in [5, 5.41) is 3.71. The molecule has 0 atom stereocenters. The van der Waals surface area contributed by atoms with Crippen LogP contribution in [0.25, 0.3) is 5.57 Å². The second kappa shape index (κ2) is 10.5. The Morgan fingerprint density at radius 3 is 2.71 bits per heavy atom. The topological polar surface area (TPSA) is 48.5 Å². The Morgan fingerprint density at radius 2 is 1.97 bits per heavy atom. The highest BCUT2D eigenvalue weighted by molar-refractivity contribution is 7.13. The van der Waals surface area contributed by atoms with Gasteiger partial charge >= 0.3 is 0 Å². The van der Waals surface area contributed by atoms with Crippen LogP contribution in [0.5, 0.6) is 0 Å². The maximum Gasteiger partial charge on any atom is 0.280 e. The average molecular weight is 439 g/mol. The van der Waals surface area contributed by atoms with E-state index in [4.69, 9.17) is 0 Å². The summed E-state index contributed by atoms with van der Waals surface area (Å²) >= 11 is 1.52. The van der Waals surface area contributed by atoms with Gasteiger partial charge in [0.05, 0.1) is 5.69 Å². The van der Waals surface area contributed by atoms with Crippen LogP contribution < -0.4 is 5.32 Å². The largest absolute Gasteiger partial charge is 0.350 e. The first kappa shape index (κ1) is 22.2. The molecule has 0 radical (unpaired) electrons. The van der Waals surface area contributed by atoms with E-state index in [-0.39, 0.29) is 5.91 Å². The number of carbonyl (C=O) groups excluding carboxylic acids is 1. The molecule has 0 unspecified atom stereocenters. The molecule has 166 valence electrons. The first-order chi connectivity index (χ1) is 15.1. The number of benzene rings is 1. The van der Waals surface area contributed by atoms with E-state index in [1.807, 2.05) is 0 Å². The number of hydrogen-bond donors (Lipinski definition) is 1. The van der Waals surface area contributed by atoms with Gasteiger partial charge in [0.2, 0.25) is 0 Å². The Labute approximate surface area is 190 Å². The molecule has 1 aromatic heterocycles. The van der Waals surface area contributed by atoms with Gasteiger partial charge in [-0.2, -0.15) is 0 Å². The van der Waals surface area contributed by atoms with Crippen LogP contribution in [0.4, 0.5) is 0 Å². The summed E-state index contributed by atoms with van der Waals surface area (Å²) < 4.78 is 0. The maximum absolute atomic E-state index is 12.7. The van der Waals surface area contributed by atoms with Crippen molar-refractivity contribution in [3.05, 3.63) is 57.6 Å². The number of hydrogen-bond acceptors (Lipinski definition) is 5. The van der Waals surface area contributed by atoms with E-state index in [2.05, 4.69) is 70.5 Å². The lowest BCUT2D eigenvalue weighted by atomic mass is 9.93. The summed E-state index contributed by atoms with van der Waals surface area (Å²) in [5.41, 5.74) is 3.65. The Kier molecular flexibility index (Phi) is 7.54. The number of nitrogens with one attached hydrogen (secondary N) is 1. The fourth-order valence-corrected chi connectivity index (χ4v) is 5.46. The van der Waals surface area contributed by atoms with Gasteiger partial charge in [-0.1, -0.05) is 36.4 Å². The smallest absolute Gasteiger partial charge is 0.280 e. The lowest BCUT2D eigenvalue weighted by Gasteiger charge is -2.32. The number of amides is 1. The highest BCUT2D eigenvalue weighted by Crippen LogP contribution is 2.27. The van der Waals surface area contributed by atoms with Gasteiger partial charge in [-0.3, -0.25) is 9.69 Å². The fraction of sp³-hybridized carbons (Fsp3) is 0.520. The molecule has 2 aromatic rings. The van der Waals surface area contributed by atoms with E-state index >= 15 is 0 Å². The average Bonchev–Trinajstić information content (AvgIpc) is 3.17. The minimum Gasteiger partial charge on any atom is -0.350 e. The number of carbonyl (C=O) groups is 1. The van der Waals surface area contributed by atoms with Gasteiger partial charge in [0.1, 0.15) is 0 Å². The molecular formula is C25H34N4OS. The number of thiazole rings is 1. The number of aryl methyl sites for hydroxylation is 1. The minimum atomic E-state index is -0.0226. The van der Waals surface area contributed by atoms with Crippen molar-refractivity contribution in [2.24, 2.45) is 5.92 Å². The van der Waals surface area contributed by atoms with Crippen LogP contribution in [-0.2, 0) is 6.54 Å². The number of aromatic nitrogens is 1. The van der Waals surface area contributed by atoms with E-state index in [0.717, 1.165) is 62.7 Å². The first-order valence-electron chi connectivity index (χ1n) is 11.5. The van der Waals surface area contributed by atoms with Crippen molar-refractivity contribution in [2.45, 2.75) is 39.2 Å². The molecule has 3 heterocycles. The van der Waals surface area contributed by atoms with Crippen molar-refractivity contribution < 1.29 is 4.79 Å². The number of rotatable bonds is 7. The van der Waals surface area contributed by atoms with Gasteiger partial charge in [0, 0.05) is 31.1 Å². The van der Waals surface area contributed by atoms with Crippen molar-refractivity contribution in [2.75, 3.05) is 39.8 Å². The summed E-state index contributed by atoms with van der Waals surface area (Å²) in [6.07, 6.45) is 6.80. The molecule has 5 nitrogen and oxygen atoms in total. The molecular weight excluding hydrogens is 404 g/mol. The molecule has 1 saturated heterocycles. The highest BCUT2D eigenvalue weighted by Gasteiger charge is 2.21. The summed E-state index contributed by atoms with van der Waals surface area (Å²) in [6.45, 7) is 8.14. The van der Waals surface area contributed by atoms with Gasteiger partial charge in [0.15, 0.2) is 5.01 Å². The Bertz CT molecular complexity index is 900. The lowest BCUT2D eigenvalue weighted by molar-refractivity contribution is 0.0947. The third-order valence-electron chi connectivity index (χ3n) is 6.43. The predicted molar refractivity (Wildman–Crippen MR) is 128 cm³/mol. The van der Waals surface area contributed by atoms with E-state index in [1.165, 1.54) is 35.3 Å². The van der Waals surface area contributed by atoms with Crippen LogP contribution in [0.1, 0.15) is 51.6 Å².